The molecule has 6 heteroatoms. The van der Waals surface area contributed by atoms with E-state index in [4.69, 9.17) is 0 Å². The molecule has 0 unspecified atom stereocenters. The molecule has 0 aliphatic heterocycles. The largest absolute Gasteiger partial charge is 0.378 e. The lowest BCUT2D eigenvalue weighted by Crippen LogP contribution is -2.08. The zero-order valence-electron chi connectivity index (χ0n) is 14.9. The van der Waals surface area contributed by atoms with Crippen molar-refractivity contribution in [3.63, 3.8) is 0 Å². The van der Waals surface area contributed by atoms with E-state index in [1.165, 1.54) is 0 Å². The number of fused-ring (bicyclic) bond motifs is 2. The van der Waals surface area contributed by atoms with E-state index in [1.54, 1.807) is 17.0 Å². The van der Waals surface area contributed by atoms with Crippen LogP contribution in [0, 0.1) is 6.92 Å². The minimum Gasteiger partial charge on any atom is -0.378 e. The van der Waals surface area contributed by atoms with Gasteiger partial charge in [0.15, 0.2) is 11.2 Å². The fraction of sp³-hybridized carbons (Fsp3) is 0.150. The normalized spacial score (nSPS) is 11.7. The Labute approximate surface area is 150 Å². The topological polar surface area (TPSA) is 66.3 Å². The van der Waals surface area contributed by atoms with Crippen molar-refractivity contribution in [2.45, 2.75) is 6.92 Å². The molecule has 0 fully saturated rings. The number of nitrogens with zero attached hydrogens (tertiary/aromatic N) is 4. The number of rotatable bonds is 3. The SMILES string of the molecule is Cc1nc2c(=O)c3ccccc3[nH]c2n1N=Cc1ccc(N(C)C)cc1. The van der Waals surface area contributed by atoms with Gasteiger partial charge in [0.2, 0.25) is 5.43 Å². The van der Waals surface area contributed by atoms with Gasteiger partial charge in [0.25, 0.3) is 0 Å². The Kier molecular flexibility index (Phi) is 3.80. The number of aromatic nitrogens is 3. The summed E-state index contributed by atoms with van der Waals surface area (Å²) >= 11 is 0. The molecule has 4 aromatic rings. The number of hydrogen-bond acceptors (Lipinski definition) is 4. The van der Waals surface area contributed by atoms with Gasteiger partial charge < -0.3 is 9.88 Å². The molecule has 0 saturated heterocycles. The molecule has 0 atom stereocenters. The Morgan fingerprint density at radius 2 is 1.85 bits per heavy atom. The lowest BCUT2D eigenvalue weighted by atomic mass is 10.2. The van der Waals surface area contributed by atoms with E-state index in [2.05, 4.69) is 15.1 Å². The maximum atomic E-state index is 12.7. The number of pyridine rings is 1. The van der Waals surface area contributed by atoms with Crippen molar-refractivity contribution in [1.29, 1.82) is 0 Å². The molecule has 2 aromatic heterocycles. The molecule has 2 aromatic carbocycles. The number of aryl methyl sites for hydroxylation is 1. The summed E-state index contributed by atoms with van der Waals surface area (Å²) in [6.45, 7) is 1.84. The molecule has 26 heavy (non-hydrogen) atoms. The van der Waals surface area contributed by atoms with Crippen LogP contribution in [0.2, 0.25) is 0 Å². The second kappa shape index (κ2) is 6.15. The molecule has 0 amide bonds. The Morgan fingerprint density at radius 1 is 1.12 bits per heavy atom. The van der Waals surface area contributed by atoms with Crippen LogP contribution in [0.4, 0.5) is 5.69 Å². The molecular weight excluding hydrogens is 326 g/mol. The van der Waals surface area contributed by atoms with Gasteiger partial charge in [-0.25, -0.2) is 9.66 Å². The third kappa shape index (κ3) is 2.65. The van der Waals surface area contributed by atoms with Crippen LogP contribution >= 0.6 is 0 Å². The lowest BCUT2D eigenvalue weighted by molar-refractivity contribution is 0.850. The molecule has 0 bridgehead atoms. The summed E-state index contributed by atoms with van der Waals surface area (Å²) < 4.78 is 1.67. The monoisotopic (exact) mass is 345 g/mol. The average molecular weight is 345 g/mol. The lowest BCUT2D eigenvalue weighted by Gasteiger charge is -2.11. The number of anilines is 1. The van der Waals surface area contributed by atoms with Crippen LogP contribution < -0.4 is 10.3 Å². The molecule has 2 heterocycles. The fourth-order valence-corrected chi connectivity index (χ4v) is 2.96. The summed E-state index contributed by atoms with van der Waals surface area (Å²) in [5, 5.41) is 5.16. The van der Waals surface area contributed by atoms with E-state index < -0.39 is 0 Å². The first-order valence-corrected chi connectivity index (χ1v) is 8.36. The zero-order chi connectivity index (χ0) is 18.3. The maximum absolute atomic E-state index is 12.7. The minimum absolute atomic E-state index is 0.0817. The van der Waals surface area contributed by atoms with Crippen LogP contribution in [0.3, 0.4) is 0 Å². The number of H-pyrrole nitrogens is 1. The predicted octanol–water partition coefficient (Wildman–Crippen LogP) is 3.13. The first-order valence-electron chi connectivity index (χ1n) is 8.36. The minimum atomic E-state index is -0.0817. The number of hydrogen-bond donors (Lipinski definition) is 1. The van der Waals surface area contributed by atoms with Crippen LogP contribution in [0.1, 0.15) is 11.4 Å². The highest BCUT2D eigenvalue weighted by molar-refractivity contribution is 5.90. The Morgan fingerprint density at radius 3 is 2.58 bits per heavy atom. The third-order valence-electron chi connectivity index (χ3n) is 4.39. The van der Waals surface area contributed by atoms with Crippen LogP contribution in [0.25, 0.3) is 22.1 Å². The molecular formula is C20H19N5O. The van der Waals surface area contributed by atoms with Crippen LogP contribution in [-0.2, 0) is 0 Å². The third-order valence-corrected chi connectivity index (χ3v) is 4.39. The first kappa shape index (κ1) is 16.1. The van der Waals surface area contributed by atoms with E-state index in [0.29, 0.717) is 22.4 Å². The highest BCUT2D eigenvalue weighted by atomic mass is 16.1. The second-order valence-corrected chi connectivity index (χ2v) is 6.40. The highest BCUT2D eigenvalue weighted by Crippen LogP contribution is 2.16. The number of aromatic amines is 1. The van der Waals surface area contributed by atoms with Gasteiger partial charge in [-0.15, -0.1) is 0 Å². The maximum Gasteiger partial charge on any atom is 0.217 e. The van der Waals surface area contributed by atoms with Crippen molar-refractivity contribution in [2.75, 3.05) is 19.0 Å². The van der Waals surface area contributed by atoms with Crippen molar-refractivity contribution < 1.29 is 0 Å². The van der Waals surface area contributed by atoms with E-state index in [1.807, 2.05) is 68.4 Å². The van der Waals surface area contributed by atoms with Crippen LogP contribution in [-0.4, -0.2) is 35.0 Å². The molecule has 6 nitrogen and oxygen atoms in total. The molecule has 0 spiro atoms. The van der Waals surface area contributed by atoms with Gasteiger partial charge in [0.1, 0.15) is 5.82 Å². The standard InChI is InChI=1S/C20H19N5O/c1-13-22-18-19(26)16-6-4-5-7-17(16)23-20(18)25(13)21-12-14-8-10-15(11-9-14)24(2)3/h4-12H,1-3H3,(H,23,26). The van der Waals surface area contributed by atoms with E-state index in [-0.39, 0.29) is 5.43 Å². The van der Waals surface area contributed by atoms with Crippen molar-refractivity contribution in [3.05, 3.63) is 70.1 Å². The summed E-state index contributed by atoms with van der Waals surface area (Å²) in [5.41, 5.74) is 3.80. The van der Waals surface area contributed by atoms with E-state index >= 15 is 0 Å². The zero-order valence-corrected chi connectivity index (χ0v) is 14.9. The van der Waals surface area contributed by atoms with Crippen molar-refractivity contribution in [3.8, 4) is 0 Å². The van der Waals surface area contributed by atoms with Crippen LogP contribution in [0.5, 0.6) is 0 Å². The predicted molar refractivity (Wildman–Crippen MR) is 106 cm³/mol. The van der Waals surface area contributed by atoms with Crippen LogP contribution in [0.15, 0.2) is 58.4 Å². The van der Waals surface area contributed by atoms with Crippen molar-refractivity contribution in [1.82, 2.24) is 14.6 Å². The first-order chi connectivity index (χ1) is 12.5. The summed E-state index contributed by atoms with van der Waals surface area (Å²) in [6.07, 6.45) is 1.76. The molecule has 1 N–H and O–H groups in total. The Bertz CT molecular complexity index is 1180. The average Bonchev–Trinajstić information content (AvgIpc) is 2.96. The molecule has 0 saturated carbocycles. The van der Waals surface area contributed by atoms with Gasteiger partial charge in [-0.2, -0.15) is 5.10 Å². The van der Waals surface area contributed by atoms with E-state index in [9.17, 15) is 4.79 Å². The molecule has 130 valence electrons. The smallest absolute Gasteiger partial charge is 0.217 e. The summed E-state index contributed by atoms with van der Waals surface area (Å²) in [7, 11) is 4.01. The number of benzene rings is 2. The molecule has 0 aliphatic carbocycles. The van der Waals surface area contributed by atoms with Crippen molar-refractivity contribution >= 4 is 34.0 Å². The van der Waals surface area contributed by atoms with Crippen molar-refractivity contribution in [2.24, 2.45) is 5.10 Å². The molecule has 0 radical (unpaired) electrons. The fourth-order valence-electron chi connectivity index (χ4n) is 2.96. The Hall–Kier alpha value is -3.41. The molecule has 0 aliphatic rings. The summed E-state index contributed by atoms with van der Waals surface area (Å²) in [5.74, 6) is 0.657. The quantitative estimate of drug-likeness (QED) is 0.580. The van der Waals surface area contributed by atoms with Gasteiger partial charge in [0.05, 0.1) is 11.7 Å². The van der Waals surface area contributed by atoms with Gasteiger partial charge in [0, 0.05) is 25.2 Å². The van der Waals surface area contributed by atoms with Gasteiger partial charge in [-0.05, 0) is 36.8 Å². The summed E-state index contributed by atoms with van der Waals surface area (Å²) in [4.78, 5) is 22.4. The van der Waals surface area contributed by atoms with Gasteiger partial charge in [-0.3, -0.25) is 4.79 Å². The second-order valence-electron chi connectivity index (χ2n) is 6.40. The Balaban J connectivity index is 1.81. The number of para-hydroxylation sites is 1. The van der Waals surface area contributed by atoms with Gasteiger partial charge >= 0.3 is 0 Å². The number of nitrogens with one attached hydrogen (secondary N) is 1. The molecule has 4 rings (SSSR count). The number of imidazole rings is 1. The summed E-state index contributed by atoms with van der Waals surface area (Å²) in [6, 6.07) is 15.5. The van der Waals surface area contributed by atoms with E-state index in [0.717, 1.165) is 16.8 Å². The highest BCUT2D eigenvalue weighted by Gasteiger charge is 2.13. The van der Waals surface area contributed by atoms with Gasteiger partial charge in [-0.1, -0.05) is 24.3 Å².